The number of halogens is 1. The maximum Gasteiger partial charge on any atom is 0.191 e. The van der Waals surface area contributed by atoms with Crippen molar-refractivity contribution < 1.29 is 14.6 Å². The van der Waals surface area contributed by atoms with Crippen LogP contribution in [0.25, 0.3) is 0 Å². The highest BCUT2D eigenvalue weighted by Gasteiger charge is 2.34. The third-order valence-corrected chi connectivity index (χ3v) is 4.65. The molecule has 0 bridgehead atoms. The van der Waals surface area contributed by atoms with Crippen LogP contribution in [0.5, 0.6) is 0 Å². The van der Waals surface area contributed by atoms with E-state index in [1.165, 1.54) is 0 Å². The summed E-state index contributed by atoms with van der Waals surface area (Å²) in [6.45, 7) is 5.70. The lowest BCUT2D eigenvalue weighted by molar-refractivity contribution is 0.106. The van der Waals surface area contributed by atoms with Gasteiger partial charge in [-0.3, -0.25) is 4.99 Å². The van der Waals surface area contributed by atoms with Gasteiger partial charge in [0, 0.05) is 38.8 Å². The molecule has 0 aromatic heterocycles. The van der Waals surface area contributed by atoms with Crippen molar-refractivity contribution in [3.63, 3.8) is 0 Å². The predicted molar refractivity (Wildman–Crippen MR) is 115 cm³/mol. The minimum absolute atomic E-state index is 0. The lowest BCUT2D eigenvalue weighted by Gasteiger charge is -2.25. The Morgan fingerprint density at radius 1 is 1.35 bits per heavy atom. The summed E-state index contributed by atoms with van der Waals surface area (Å²) >= 11 is 0. The fourth-order valence-electron chi connectivity index (χ4n) is 3.07. The number of hydrogen-bond acceptors (Lipinski definition) is 4. The van der Waals surface area contributed by atoms with E-state index in [1.807, 2.05) is 25.1 Å². The first kappa shape index (κ1) is 23.1. The molecule has 3 N–H and O–H groups in total. The minimum atomic E-state index is -0.0445. The van der Waals surface area contributed by atoms with Crippen LogP contribution in [0.3, 0.4) is 0 Å². The maximum atomic E-state index is 9.34. The SMILES string of the molecule is CCNC(=NCC1(CCO)CCOC1)NCC(OC)c1ccccc1.I. The van der Waals surface area contributed by atoms with Crippen LogP contribution < -0.4 is 10.6 Å². The molecule has 1 aromatic carbocycles. The Morgan fingerprint density at radius 2 is 2.12 bits per heavy atom. The Balaban J connectivity index is 0.00000338. The molecular weight excluding hydrogens is 445 g/mol. The number of rotatable bonds is 9. The van der Waals surface area contributed by atoms with E-state index in [9.17, 15) is 5.11 Å². The molecule has 0 radical (unpaired) electrons. The second kappa shape index (κ2) is 12.5. The summed E-state index contributed by atoms with van der Waals surface area (Å²) in [5.74, 6) is 0.768. The Morgan fingerprint density at radius 3 is 2.69 bits per heavy atom. The van der Waals surface area contributed by atoms with Crippen LogP contribution in [0.4, 0.5) is 0 Å². The van der Waals surface area contributed by atoms with Gasteiger partial charge in [-0.2, -0.15) is 0 Å². The van der Waals surface area contributed by atoms with Gasteiger partial charge in [0.1, 0.15) is 0 Å². The fraction of sp³-hybridized carbons (Fsp3) is 0.632. The molecule has 1 aliphatic heterocycles. The summed E-state index contributed by atoms with van der Waals surface area (Å²) in [5.41, 5.74) is 1.09. The average molecular weight is 477 g/mol. The number of guanidine groups is 1. The molecule has 6 nitrogen and oxygen atoms in total. The highest BCUT2D eigenvalue weighted by Crippen LogP contribution is 2.32. The standard InChI is InChI=1S/C19H31N3O3.HI/c1-3-20-18(22-14-19(9-11-23)10-12-25-15-19)21-13-17(24-2)16-7-5-4-6-8-16;/h4-8,17,23H,3,9-15H2,1-2H3,(H2,20,21,22);1H. The van der Waals surface area contributed by atoms with E-state index in [-0.39, 0.29) is 42.1 Å². The molecule has 0 aliphatic carbocycles. The number of nitrogens with one attached hydrogen (secondary N) is 2. The van der Waals surface area contributed by atoms with Gasteiger partial charge in [-0.15, -0.1) is 24.0 Å². The molecule has 1 fully saturated rings. The molecule has 1 aliphatic rings. The molecule has 0 spiro atoms. The van der Waals surface area contributed by atoms with Crippen LogP contribution in [0.15, 0.2) is 35.3 Å². The zero-order valence-electron chi connectivity index (χ0n) is 15.7. The van der Waals surface area contributed by atoms with Crippen LogP contribution in [0.1, 0.15) is 31.4 Å². The van der Waals surface area contributed by atoms with Gasteiger partial charge in [0.25, 0.3) is 0 Å². The van der Waals surface area contributed by atoms with Crippen LogP contribution in [-0.2, 0) is 9.47 Å². The molecule has 1 aromatic rings. The highest BCUT2D eigenvalue weighted by molar-refractivity contribution is 14.0. The lowest BCUT2D eigenvalue weighted by atomic mass is 9.84. The zero-order chi connectivity index (χ0) is 18.0. The number of aliphatic hydroxyl groups excluding tert-OH is 1. The molecule has 1 saturated heterocycles. The summed E-state index contributed by atoms with van der Waals surface area (Å²) in [4.78, 5) is 4.73. The van der Waals surface area contributed by atoms with Crippen molar-refractivity contribution in [3.8, 4) is 0 Å². The van der Waals surface area contributed by atoms with Crippen LogP contribution >= 0.6 is 24.0 Å². The second-order valence-corrected chi connectivity index (χ2v) is 6.49. The first-order valence-electron chi connectivity index (χ1n) is 9.01. The van der Waals surface area contributed by atoms with E-state index in [0.29, 0.717) is 19.7 Å². The van der Waals surface area contributed by atoms with Gasteiger partial charge in [0.2, 0.25) is 0 Å². The van der Waals surface area contributed by atoms with E-state index in [1.54, 1.807) is 7.11 Å². The van der Waals surface area contributed by atoms with E-state index >= 15 is 0 Å². The van der Waals surface area contributed by atoms with Gasteiger partial charge < -0.3 is 25.2 Å². The number of methoxy groups -OCH3 is 1. The number of aliphatic imine (C=N–C) groups is 1. The van der Waals surface area contributed by atoms with Crippen molar-refractivity contribution in [2.45, 2.75) is 25.9 Å². The third kappa shape index (κ3) is 7.02. The minimum Gasteiger partial charge on any atom is -0.396 e. The normalized spacial score (nSPS) is 21.1. The van der Waals surface area contributed by atoms with E-state index in [2.05, 4.69) is 22.8 Å². The first-order chi connectivity index (χ1) is 12.2. The summed E-state index contributed by atoms with van der Waals surface area (Å²) in [6, 6.07) is 10.1. The number of benzene rings is 1. The molecule has 0 amide bonds. The molecule has 2 unspecified atom stereocenters. The Kier molecular flexibility index (Phi) is 11.1. The average Bonchev–Trinajstić information content (AvgIpc) is 3.10. The number of hydrogen-bond donors (Lipinski definition) is 3. The Labute approximate surface area is 173 Å². The quantitative estimate of drug-likeness (QED) is 0.289. The lowest BCUT2D eigenvalue weighted by Crippen LogP contribution is -2.41. The second-order valence-electron chi connectivity index (χ2n) is 6.49. The maximum absolute atomic E-state index is 9.34. The van der Waals surface area contributed by atoms with E-state index in [0.717, 1.165) is 37.5 Å². The number of aliphatic hydroxyl groups is 1. The monoisotopic (exact) mass is 477 g/mol. The molecular formula is C19H32IN3O3. The van der Waals surface area contributed by atoms with Crippen LogP contribution in [0.2, 0.25) is 0 Å². The van der Waals surface area contributed by atoms with Crippen molar-refractivity contribution in [1.82, 2.24) is 10.6 Å². The van der Waals surface area contributed by atoms with Crippen molar-refractivity contribution >= 4 is 29.9 Å². The van der Waals surface area contributed by atoms with Crippen LogP contribution in [0, 0.1) is 5.41 Å². The molecule has 26 heavy (non-hydrogen) atoms. The third-order valence-electron chi connectivity index (χ3n) is 4.65. The zero-order valence-corrected chi connectivity index (χ0v) is 18.1. The van der Waals surface area contributed by atoms with Gasteiger partial charge in [-0.1, -0.05) is 30.3 Å². The van der Waals surface area contributed by atoms with Crippen molar-refractivity contribution in [3.05, 3.63) is 35.9 Å². The van der Waals surface area contributed by atoms with Crippen LogP contribution in [-0.4, -0.2) is 57.6 Å². The Hall–Kier alpha value is -0.900. The van der Waals surface area contributed by atoms with E-state index < -0.39 is 0 Å². The molecule has 7 heteroatoms. The van der Waals surface area contributed by atoms with Crippen molar-refractivity contribution in [1.29, 1.82) is 0 Å². The number of nitrogens with zero attached hydrogens (tertiary/aromatic N) is 1. The summed E-state index contributed by atoms with van der Waals surface area (Å²) in [5, 5.41) is 16.0. The van der Waals surface area contributed by atoms with E-state index in [4.69, 9.17) is 14.5 Å². The summed E-state index contributed by atoms with van der Waals surface area (Å²) < 4.78 is 11.1. The fourth-order valence-corrected chi connectivity index (χ4v) is 3.07. The van der Waals surface area contributed by atoms with Gasteiger partial charge in [-0.25, -0.2) is 0 Å². The Bertz CT molecular complexity index is 522. The topological polar surface area (TPSA) is 75.1 Å². The van der Waals surface area contributed by atoms with Gasteiger partial charge in [-0.05, 0) is 25.3 Å². The first-order valence-corrected chi connectivity index (χ1v) is 9.01. The molecule has 2 rings (SSSR count). The molecule has 148 valence electrons. The van der Waals surface area contributed by atoms with Gasteiger partial charge in [0.05, 0.1) is 19.3 Å². The molecule has 0 saturated carbocycles. The van der Waals surface area contributed by atoms with Crippen molar-refractivity contribution in [2.75, 3.05) is 46.6 Å². The summed E-state index contributed by atoms with van der Waals surface area (Å²) in [6.07, 6.45) is 1.63. The largest absolute Gasteiger partial charge is 0.396 e. The summed E-state index contributed by atoms with van der Waals surface area (Å²) in [7, 11) is 1.72. The van der Waals surface area contributed by atoms with Gasteiger partial charge in [0.15, 0.2) is 5.96 Å². The molecule has 1 heterocycles. The molecule has 2 atom stereocenters. The number of ether oxygens (including phenoxy) is 2. The highest BCUT2D eigenvalue weighted by atomic mass is 127. The smallest absolute Gasteiger partial charge is 0.191 e. The predicted octanol–water partition coefficient (Wildman–Crippen LogP) is 2.34. The van der Waals surface area contributed by atoms with Crippen molar-refractivity contribution in [2.24, 2.45) is 10.4 Å². The van der Waals surface area contributed by atoms with Gasteiger partial charge >= 0.3 is 0 Å².